The molecule has 1 aliphatic heterocycles. The summed E-state index contributed by atoms with van der Waals surface area (Å²) in [5, 5.41) is 40.0. The molecule has 0 bridgehead atoms. The van der Waals surface area contributed by atoms with Gasteiger partial charge in [-0.2, -0.15) is 0 Å². The van der Waals surface area contributed by atoms with Gasteiger partial charge in [-0.3, -0.25) is 9.59 Å². The maximum absolute atomic E-state index is 12.8. The van der Waals surface area contributed by atoms with Gasteiger partial charge in [-0.1, -0.05) is 190 Å². The molecule has 6 atom stereocenters. The van der Waals surface area contributed by atoms with Crippen LogP contribution in [0.1, 0.15) is 219 Å². The van der Waals surface area contributed by atoms with E-state index in [1.165, 1.54) is 109 Å². The van der Waals surface area contributed by atoms with Crippen LogP contribution in [0.3, 0.4) is 0 Å². The Bertz CT molecular complexity index is 1320. The fraction of sp³-hybridized carbons (Fsp3) is 0.764. The Labute approximate surface area is 400 Å². The Morgan fingerprint density at radius 3 is 1.36 bits per heavy atom. The molecule has 0 aromatic rings. The topological polar surface area (TPSA) is 169 Å². The third-order valence-corrected chi connectivity index (χ3v) is 11.9. The fourth-order valence-electron chi connectivity index (χ4n) is 7.75. The zero-order chi connectivity index (χ0) is 48.1. The summed E-state index contributed by atoms with van der Waals surface area (Å²) in [5.74, 6) is -2.47. The van der Waals surface area contributed by atoms with Crippen molar-refractivity contribution in [2.24, 2.45) is 0 Å². The minimum Gasteiger partial charge on any atom is -0.479 e. The number of ether oxygens (including phenoxy) is 4. The SMILES string of the molecule is CC/C=C\C/C=C\C/C=C\C/C=C\CCCCCCC(=O)OCC(COC1OC(C(=O)O)C(O)C(O)C1O)OC(=O)CCCCCCCCCCCCC/C=C\CCCCCCCCCC. The van der Waals surface area contributed by atoms with Crippen LogP contribution in [0.15, 0.2) is 60.8 Å². The summed E-state index contributed by atoms with van der Waals surface area (Å²) in [6.45, 7) is 3.70. The van der Waals surface area contributed by atoms with Crippen molar-refractivity contribution in [2.75, 3.05) is 13.2 Å². The second kappa shape index (κ2) is 44.4. The zero-order valence-corrected chi connectivity index (χ0v) is 41.4. The summed E-state index contributed by atoms with van der Waals surface area (Å²) >= 11 is 0. The minimum absolute atomic E-state index is 0.175. The van der Waals surface area contributed by atoms with E-state index in [0.717, 1.165) is 70.6 Å². The predicted molar refractivity (Wildman–Crippen MR) is 266 cm³/mol. The molecule has 1 saturated heterocycles. The van der Waals surface area contributed by atoms with E-state index < -0.39 is 61.3 Å². The summed E-state index contributed by atoms with van der Waals surface area (Å²) in [5.41, 5.74) is 0. The molecule has 0 aliphatic carbocycles. The number of rotatable bonds is 44. The number of aliphatic hydroxyl groups is 3. The largest absolute Gasteiger partial charge is 0.479 e. The van der Waals surface area contributed by atoms with Crippen LogP contribution in [0, 0.1) is 0 Å². The van der Waals surface area contributed by atoms with E-state index in [9.17, 15) is 34.8 Å². The highest BCUT2D eigenvalue weighted by Crippen LogP contribution is 2.23. The second-order valence-electron chi connectivity index (χ2n) is 18.0. The van der Waals surface area contributed by atoms with E-state index in [1.54, 1.807) is 0 Å². The van der Waals surface area contributed by atoms with Crippen LogP contribution in [0.5, 0.6) is 0 Å². The normalized spacial score (nSPS) is 19.6. The molecule has 11 heteroatoms. The number of hydrogen-bond donors (Lipinski definition) is 4. The molecule has 0 amide bonds. The number of hydrogen-bond acceptors (Lipinski definition) is 10. The van der Waals surface area contributed by atoms with E-state index >= 15 is 0 Å². The first kappa shape index (κ1) is 60.9. The molecule has 0 spiro atoms. The van der Waals surface area contributed by atoms with Crippen molar-refractivity contribution in [3.8, 4) is 0 Å². The van der Waals surface area contributed by atoms with E-state index in [-0.39, 0.29) is 19.4 Å². The highest BCUT2D eigenvalue weighted by atomic mass is 16.7. The number of carboxylic acid groups (broad SMARTS) is 1. The van der Waals surface area contributed by atoms with Gasteiger partial charge in [0.05, 0.1) is 6.61 Å². The average Bonchev–Trinajstić information content (AvgIpc) is 3.30. The number of carbonyl (C=O) groups is 3. The highest BCUT2D eigenvalue weighted by molar-refractivity contribution is 5.73. The van der Waals surface area contributed by atoms with Crippen LogP contribution in [-0.4, -0.2) is 88.4 Å². The van der Waals surface area contributed by atoms with Crippen LogP contribution in [0.4, 0.5) is 0 Å². The average molecular weight is 931 g/mol. The molecule has 4 N–H and O–H groups in total. The van der Waals surface area contributed by atoms with Crippen LogP contribution >= 0.6 is 0 Å². The van der Waals surface area contributed by atoms with Gasteiger partial charge in [-0.25, -0.2) is 4.79 Å². The molecular formula is C55H94O11. The lowest BCUT2D eigenvalue weighted by Crippen LogP contribution is -2.60. The lowest BCUT2D eigenvalue weighted by atomic mass is 9.99. The summed E-state index contributed by atoms with van der Waals surface area (Å²) in [7, 11) is 0. The lowest BCUT2D eigenvalue weighted by Gasteiger charge is -2.38. The monoisotopic (exact) mass is 931 g/mol. The van der Waals surface area contributed by atoms with Gasteiger partial charge in [-0.15, -0.1) is 0 Å². The Kier molecular flexibility index (Phi) is 41.0. The molecule has 1 heterocycles. The third kappa shape index (κ3) is 35.1. The molecule has 1 rings (SSSR count). The molecule has 0 aromatic heterocycles. The maximum atomic E-state index is 12.8. The molecule has 11 nitrogen and oxygen atoms in total. The third-order valence-electron chi connectivity index (χ3n) is 11.9. The molecule has 1 aliphatic rings. The Balaban J connectivity index is 2.29. The molecular weight excluding hydrogens is 837 g/mol. The van der Waals surface area contributed by atoms with E-state index in [4.69, 9.17) is 18.9 Å². The first-order valence-corrected chi connectivity index (χ1v) is 26.3. The first-order valence-electron chi connectivity index (χ1n) is 26.3. The number of carbonyl (C=O) groups excluding carboxylic acids is 2. The van der Waals surface area contributed by atoms with Crippen molar-refractivity contribution in [2.45, 2.75) is 256 Å². The minimum atomic E-state index is -1.87. The number of aliphatic hydroxyl groups excluding tert-OH is 3. The quantitative estimate of drug-likeness (QED) is 0.0261. The molecule has 380 valence electrons. The number of unbranched alkanes of at least 4 members (excludes halogenated alkanes) is 23. The van der Waals surface area contributed by atoms with Crippen LogP contribution in [-0.2, 0) is 33.3 Å². The lowest BCUT2D eigenvalue weighted by molar-refractivity contribution is -0.298. The molecule has 6 unspecified atom stereocenters. The van der Waals surface area contributed by atoms with Gasteiger partial charge >= 0.3 is 17.9 Å². The van der Waals surface area contributed by atoms with Gasteiger partial charge in [0.25, 0.3) is 0 Å². The number of carboxylic acids is 1. The smallest absolute Gasteiger partial charge is 0.335 e. The van der Waals surface area contributed by atoms with Crippen LogP contribution in [0.2, 0.25) is 0 Å². The molecule has 0 aromatic carbocycles. The van der Waals surface area contributed by atoms with Gasteiger partial charge in [0.15, 0.2) is 18.5 Å². The summed E-state index contributed by atoms with van der Waals surface area (Å²) in [6, 6.07) is 0. The standard InChI is InChI=1S/C55H94O11/c1-3-5-7-9-11-13-15-17-19-21-22-23-24-25-26-28-30-32-34-36-38-40-42-44-49(57)65-47(46-64-55-52(60)50(58)51(59)53(66-55)54(61)62)45-63-48(56)43-41-39-37-35-33-31-29-27-20-18-16-14-12-10-8-6-4-2/h6,8,12,14,18,20-22,29,31,47,50-53,55,58-60H,3-5,7,9-11,13,15-17,19,23-28,30,32-46H2,1-2H3,(H,61,62)/b8-6-,14-12-,20-18-,22-21-,31-29-. The van der Waals surface area contributed by atoms with Crippen molar-refractivity contribution >= 4 is 17.9 Å². The Morgan fingerprint density at radius 1 is 0.485 bits per heavy atom. The van der Waals surface area contributed by atoms with Gasteiger partial charge in [0, 0.05) is 12.8 Å². The predicted octanol–water partition coefficient (Wildman–Crippen LogP) is 12.7. The van der Waals surface area contributed by atoms with Gasteiger partial charge in [-0.05, 0) is 77.0 Å². The van der Waals surface area contributed by atoms with Crippen molar-refractivity contribution in [3.63, 3.8) is 0 Å². The van der Waals surface area contributed by atoms with Crippen LogP contribution in [0.25, 0.3) is 0 Å². The highest BCUT2D eigenvalue weighted by Gasteiger charge is 2.47. The number of allylic oxidation sites excluding steroid dienone is 10. The Hall–Kier alpha value is -3.09. The summed E-state index contributed by atoms with van der Waals surface area (Å²) < 4.78 is 21.8. The van der Waals surface area contributed by atoms with Crippen LogP contribution < -0.4 is 0 Å². The number of esters is 2. The van der Waals surface area contributed by atoms with E-state index in [0.29, 0.717) is 12.8 Å². The summed E-state index contributed by atoms with van der Waals surface area (Å²) in [6.07, 6.45) is 47.0. The van der Waals surface area contributed by atoms with Gasteiger partial charge in [0.2, 0.25) is 0 Å². The van der Waals surface area contributed by atoms with E-state index in [2.05, 4.69) is 74.6 Å². The number of aliphatic carboxylic acids is 1. The van der Waals surface area contributed by atoms with Crippen molar-refractivity contribution in [3.05, 3.63) is 60.8 Å². The van der Waals surface area contributed by atoms with Gasteiger partial charge < -0.3 is 39.4 Å². The van der Waals surface area contributed by atoms with E-state index in [1.807, 2.05) is 0 Å². The zero-order valence-electron chi connectivity index (χ0n) is 41.4. The Morgan fingerprint density at radius 2 is 0.894 bits per heavy atom. The molecule has 0 saturated carbocycles. The summed E-state index contributed by atoms with van der Waals surface area (Å²) in [4.78, 5) is 37.0. The molecule has 1 fully saturated rings. The van der Waals surface area contributed by atoms with Crippen molar-refractivity contribution in [1.29, 1.82) is 0 Å². The maximum Gasteiger partial charge on any atom is 0.335 e. The van der Waals surface area contributed by atoms with Crippen molar-refractivity contribution < 1.29 is 53.8 Å². The fourth-order valence-corrected chi connectivity index (χ4v) is 7.75. The van der Waals surface area contributed by atoms with Gasteiger partial charge in [0.1, 0.15) is 24.9 Å². The molecule has 66 heavy (non-hydrogen) atoms. The first-order chi connectivity index (χ1) is 32.2. The molecule has 0 radical (unpaired) electrons. The van der Waals surface area contributed by atoms with Crippen molar-refractivity contribution in [1.82, 2.24) is 0 Å². The second-order valence-corrected chi connectivity index (χ2v) is 18.0.